The summed E-state index contributed by atoms with van der Waals surface area (Å²) in [4.78, 5) is 30.9. The van der Waals surface area contributed by atoms with E-state index in [1.165, 1.54) is 11.3 Å². The number of carbonyl (C=O) groups is 2. The van der Waals surface area contributed by atoms with E-state index in [1.807, 2.05) is 44.4 Å². The van der Waals surface area contributed by atoms with Gasteiger partial charge in [0.25, 0.3) is 0 Å². The molecule has 0 unspecified atom stereocenters. The van der Waals surface area contributed by atoms with E-state index in [1.54, 1.807) is 19.1 Å². The minimum absolute atomic E-state index is 0.120. The Morgan fingerprint density at radius 3 is 2.44 bits per heavy atom. The number of likely N-dealkylation sites (tertiary alicyclic amines) is 1. The van der Waals surface area contributed by atoms with Crippen molar-refractivity contribution in [1.29, 1.82) is 0 Å². The first-order valence-electron chi connectivity index (χ1n) is 10.5. The molecule has 0 N–H and O–H groups in total. The van der Waals surface area contributed by atoms with Crippen LogP contribution in [-0.2, 0) is 20.9 Å². The second-order valence-electron chi connectivity index (χ2n) is 8.56. The first-order valence-corrected chi connectivity index (χ1v) is 11.4. The maximum atomic E-state index is 12.5. The molecule has 2 heterocycles. The molecule has 174 valence electrons. The molecule has 1 aliphatic rings. The normalized spacial score (nSPS) is 14.7. The zero-order valence-corrected chi connectivity index (χ0v) is 20.0. The SMILES string of the molecule is COc1ccc(-c2nc(COC(=O)C3CCN(C(=O)OC(C)(C)C)CC3)cs2)cc1OC. The highest BCUT2D eigenvalue weighted by Crippen LogP contribution is 2.33. The summed E-state index contributed by atoms with van der Waals surface area (Å²) in [6.07, 6.45) is 0.785. The molecule has 32 heavy (non-hydrogen) atoms. The third-order valence-corrected chi connectivity index (χ3v) is 5.96. The number of methoxy groups -OCH3 is 2. The van der Waals surface area contributed by atoms with Gasteiger partial charge < -0.3 is 23.8 Å². The van der Waals surface area contributed by atoms with Gasteiger partial charge in [-0.25, -0.2) is 9.78 Å². The summed E-state index contributed by atoms with van der Waals surface area (Å²) in [6, 6.07) is 5.61. The summed E-state index contributed by atoms with van der Waals surface area (Å²) in [6.45, 7) is 6.59. The van der Waals surface area contributed by atoms with Crippen LogP contribution in [0.5, 0.6) is 11.5 Å². The quantitative estimate of drug-likeness (QED) is 0.584. The number of carbonyl (C=O) groups excluding carboxylic acids is 2. The van der Waals surface area contributed by atoms with Gasteiger partial charge in [0.2, 0.25) is 0 Å². The lowest BCUT2D eigenvalue weighted by Gasteiger charge is -2.32. The Kier molecular flexibility index (Phi) is 7.60. The fourth-order valence-electron chi connectivity index (χ4n) is 3.36. The average molecular weight is 463 g/mol. The number of piperidine rings is 1. The topological polar surface area (TPSA) is 87.2 Å². The number of aromatic nitrogens is 1. The van der Waals surface area contributed by atoms with E-state index in [9.17, 15) is 9.59 Å². The number of rotatable bonds is 6. The molecule has 3 rings (SSSR count). The van der Waals surface area contributed by atoms with Crippen LogP contribution in [0.4, 0.5) is 4.79 Å². The third-order valence-electron chi connectivity index (χ3n) is 5.02. The lowest BCUT2D eigenvalue weighted by Crippen LogP contribution is -2.43. The van der Waals surface area contributed by atoms with E-state index in [4.69, 9.17) is 18.9 Å². The van der Waals surface area contributed by atoms with Crippen LogP contribution in [0.15, 0.2) is 23.6 Å². The Morgan fingerprint density at radius 2 is 1.81 bits per heavy atom. The zero-order valence-electron chi connectivity index (χ0n) is 19.2. The summed E-state index contributed by atoms with van der Waals surface area (Å²) < 4.78 is 21.5. The molecule has 0 saturated carbocycles. The van der Waals surface area contributed by atoms with Gasteiger partial charge in [-0.2, -0.15) is 0 Å². The number of ether oxygens (including phenoxy) is 4. The van der Waals surface area contributed by atoms with Crippen molar-refractivity contribution >= 4 is 23.4 Å². The molecule has 1 fully saturated rings. The van der Waals surface area contributed by atoms with Crippen LogP contribution in [0.1, 0.15) is 39.3 Å². The number of esters is 1. The van der Waals surface area contributed by atoms with Crippen LogP contribution >= 0.6 is 11.3 Å². The molecule has 1 aromatic heterocycles. The second-order valence-corrected chi connectivity index (χ2v) is 9.42. The van der Waals surface area contributed by atoms with Crippen LogP contribution in [0.3, 0.4) is 0 Å². The van der Waals surface area contributed by atoms with Crippen molar-refractivity contribution in [2.45, 2.75) is 45.8 Å². The van der Waals surface area contributed by atoms with Crippen LogP contribution in [0.2, 0.25) is 0 Å². The van der Waals surface area contributed by atoms with E-state index < -0.39 is 5.60 Å². The Bertz CT molecular complexity index is 944. The van der Waals surface area contributed by atoms with Gasteiger partial charge in [-0.05, 0) is 51.8 Å². The second kappa shape index (κ2) is 10.2. The number of nitrogens with zero attached hydrogens (tertiary/aromatic N) is 2. The van der Waals surface area contributed by atoms with Gasteiger partial charge >= 0.3 is 12.1 Å². The molecular weight excluding hydrogens is 432 g/mol. The number of amides is 1. The zero-order chi connectivity index (χ0) is 23.3. The Balaban J connectivity index is 1.50. The predicted octanol–water partition coefficient (Wildman–Crippen LogP) is 4.52. The molecule has 0 aliphatic carbocycles. The maximum Gasteiger partial charge on any atom is 0.410 e. The Labute approximate surface area is 192 Å². The fraction of sp³-hybridized carbons (Fsp3) is 0.522. The van der Waals surface area contributed by atoms with Gasteiger partial charge in [0, 0.05) is 24.0 Å². The first kappa shape index (κ1) is 23.8. The van der Waals surface area contributed by atoms with Gasteiger partial charge in [0.1, 0.15) is 17.2 Å². The van der Waals surface area contributed by atoms with Gasteiger partial charge in [-0.15, -0.1) is 11.3 Å². The van der Waals surface area contributed by atoms with Crippen molar-refractivity contribution in [1.82, 2.24) is 9.88 Å². The minimum Gasteiger partial charge on any atom is -0.493 e. The average Bonchev–Trinajstić information content (AvgIpc) is 3.25. The van der Waals surface area contributed by atoms with Crippen molar-refractivity contribution in [2.24, 2.45) is 5.92 Å². The monoisotopic (exact) mass is 462 g/mol. The lowest BCUT2D eigenvalue weighted by molar-refractivity contribution is -0.151. The molecule has 9 heteroatoms. The molecule has 0 spiro atoms. The lowest BCUT2D eigenvalue weighted by atomic mass is 9.97. The molecule has 8 nitrogen and oxygen atoms in total. The van der Waals surface area contributed by atoms with E-state index in [-0.39, 0.29) is 24.6 Å². The van der Waals surface area contributed by atoms with Gasteiger partial charge in [0.15, 0.2) is 11.5 Å². The molecule has 0 radical (unpaired) electrons. The molecule has 1 aliphatic heterocycles. The summed E-state index contributed by atoms with van der Waals surface area (Å²) in [5.41, 5.74) is 1.06. The number of hydrogen-bond acceptors (Lipinski definition) is 8. The van der Waals surface area contributed by atoms with Crippen molar-refractivity contribution in [3.05, 3.63) is 29.3 Å². The molecule has 1 amide bonds. The standard InChI is InChI=1S/C23H30N2O6S/c1-23(2,3)31-22(27)25-10-8-15(9-11-25)21(26)30-13-17-14-32-20(24-17)16-6-7-18(28-4)19(12-16)29-5/h6-7,12,14-15H,8-11,13H2,1-5H3. The largest absolute Gasteiger partial charge is 0.493 e. The highest BCUT2D eigenvalue weighted by molar-refractivity contribution is 7.13. The predicted molar refractivity (Wildman–Crippen MR) is 121 cm³/mol. The Morgan fingerprint density at radius 1 is 1.12 bits per heavy atom. The summed E-state index contributed by atoms with van der Waals surface area (Å²) in [5, 5.41) is 2.69. The molecular formula is C23H30N2O6S. The van der Waals surface area contributed by atoms with Crippen molar-refractivity contribution in [2.75, 3.05) is 27.3 Å². The molecule has 1 saturated heterocycles. The maximum absolute atomic E-state index is 12.5. The van der Waals surface area contributed by atoms with Crippen molar-refractivity contribution < 1.29 is 28.5 Å². The smallest absolute Gasteiger partial charge is 0.410 e. The van der Waals surface area contributed by atoms with E-state index >= 15 is 0 Å². The molecule has 0 atom stereocenters. The van der Waals surface area contributed by atoms with Crippen LogP contribution in [0.25, 0.3) is 10.6 Å². The van der Waals surface area contributed by atoms with E-state index in [0.29, 0.717) is 43.1 Å². The van der Waals surface area contributed by atoms with Crippen molar-refractivity contribution in [3.63, 3.8) is 0 Å². The summed E-state index contributed by atoms with van der Waals surface area (Å²) >= 11 is 1.47. The minimum atomic E-state index is -0.532. The number of benzene rings is 1. The molecule has 0 bridgehead atoms. The highest BCUT2D eigenvalue weighted by Gasteiger charge is 2.30. The molecule has 2 aromatic rings. The Hall–Kier alpha value is -2.81. The highest BCUT2D eigenvalue weighted by atomic mass is 32.1. The third kappa shape index (κ3) is 6.12. The fourth-order valence-corrected chi connectivity index (χ4v) is 4.16. The van der Waals surface area contributed by atoms with Crippen molar-refractivity contribution in [3.8, 4) is 22.1 Å². The van der Waals surface area contributed by atoms with Gasteiger partial charge in [-0.1, -0.05) is 0 Å². The van der Waals surface area contributed by atoms with E-state index in [2.05, 4.69) is 4.98 Å². The van der Waals surface area contributed by atoms with Gasteiger partial charge in [-0.3, -0.25) is 4.79 Å². The summed E-state index contributed by atoms with van der Waals surface area (Å²) in [7, 11) is 3.18. The number of hydrogen-bond donors (Lipinski definition) is 0. The molecule has 1 aromatic carbocycles. The van der Waals surface area contributed by atoms with E-state index in [0.717, 1.165) is 10.6 Å². The van der Waals surface area contributed by atoms with Crippen LogP contribution in [0, 0.1) is 5.92 Å². The van der Waals surface area contributed by atoms with Crippen LogP contribution < -0.4 is 9.47 Å². The number of thiazole rings is 1. The first-order chi connectivity index (χ1) is 15.2. The van der Waals surface area contributed by atoms with Gasteiger partial charge in [0.05, 0.1) is 25.8 Å². The van der Waals surface area contributed by atoms with Crippen LogP contribution in [-0.4, -0.2) is 54.9 Å². The summed E-state index contributed by atoms with van der Waals surface area (Å²) in [5.74, 6) is 0.803.